The zero-order chi connectivity index (χ0) is 16.7. The number of likely N-dealkylation sites (N-methyl/N-ethyl adjacent to an activating group) is 1. The number of amides is 1. The summed E-state index contributed by atoms with van der Waals surface area (Å²) >= 11 is 0. The van der Waals surface area contributed by atoms with Crippen molar-refractivity contribution in [2.45, 2.75) is 26.7 Å². The van der Waals surface area contributed by atoms with Gasteiger partial charge >= 0.3 is 0 Å². The molecular weight excluding hydrogens is 288 g/mol. The SMILES string of the molecule is CCc1cccc(C)c1NC(=O)CN(C)CCc1cnccn1. The summed E-state index contributed by atoms with van der Waals surface area (Å²) in [6, 6.07) is 6.10. The lowest BCUT2D eigenvalue weighted by Crippen LogP contribution is -2.32. The third-order valence-electron chi connectivity index (χ3n) is 3.78. The van der Waals surface area contributed by atoms with Gasteiger partial charge in [-0.15, -0.1) is 0 Å². The third-order valence-corrected chi connectivity index (χ3v) is 3.78. The summed E-state index contributed by atoms with van der Waals surface area (Å²) in [5, 5.41) is 3.05. The van der Waals surface area contributed by atoms with E-state index in [0.717, 1.165) is 36.3 Å². The molecule has 0 saturated heterocycles. The van der Waals surface area contributed by atoms with Gasteiger partial charge in [-0.1, -0.05) is 25.1 Å². The van der Waals surface area contributed by atoms with Crippen LogP contribution in [0.5, 0.6) is 0 Å². The van der Waals surface area contributed by atoms with Gasteiger partial charge in [0.1, 0.15) is 0 Å². The molecule has 0 spiro atoms. The van der Waals surface area contributed by atoms with Gasteiger partial charge < -0.3 is 5.32 Å². The van der Waals surface area contributed by atoms with E-state index in [9.17, 15) is 4.79 Å². The Labute approximate surface area is 137 Å². The van der Waals surface area contributed by atoms with Crippen molar-refractivity contribution in [1.82, 2.24) is 14.9 Å². The highest BCUT2D eigenvalue weighted by Crippen LogP contribution is 2.20. The topological polar surface area (TPSA) is 58.1 Å². The first-order valence-corrected chi connectivity index (χ1v) is 7.92. The van der Waals surface area contributed by atoms with Crippen molar-refractivity contribution in [2.24, 2.45) is 0 Å². The molecule has 0 bridgehead atoms. The Morgan fingerprint density at radius 3 is 2.83 bits per heavy atom. The summed E-state index contributed by atoms with van der Waals surface area (Å²) < 4.78 is 0. The molecule has 2 aromatic rings. The second kappa shape index (κ2) is 8.39. The first-order valence-electron chi connectivity index (χ1n) is 7.92. The molecule has 122 valence electrons. The average Bonchev–Trinajstić information content (AvgIpc) is 2.55. The Morgan fingerprint density at radius 1 is 1.30 bits per heavy atom. The van der Waals surface area contributed by atoms with Gasteiger partial charge in [0.25, 0.3) is 0 Å². The number of carbonyl (C=O) groups is 1. The predicted octanol–water partition coefficient (Wildman–Crippen LogP) is 2.46. The number of hydrogen-bond acceptors (Lipinski definition) is 4. The first kappa shape index (κ1) is 17.1. The standard InChI is InChI=1S/C18H24N4O/c1-4-15-7-5-6-14(2)18(15)21-17(23)13-22(3)11-8-16-12-19-9-10-20-16/h5-7,9-10,12H,4,8,11,13H2,1-3H3,(H,21,23). The minimum Gasteiger partial charge on any atom is -0.324 e. The highest BCUT2D eigenvalue weighted by molar-refractivity contribution is 5.93. The number of aryl methyl sites for hydroxylation is 2. The number of hydrogen-bond donors (Lipinski definition) is 1. The average molecular weight is 312 g/mol. The van der Waals surface area contributed by atoms with Crippen LogP contribution in [-0.2, 0) is 17.6 Å². The lowest BCUT2D eigenvalue weighted by atomic mass is 10.1. The molecule has 1 amide bonds. The van der Waals surface area contributed by atoms with E-state index in [-0.39, 0.29) is 5.91 Å². The van der Waals surface area contributed by atoms with Crippen molar-refractivity contribution < 1.29 is 4.79 Å². The molecule has 1 heterocycles. The van der Waals surface area contributed by atoms with Crippen LogP contribution in [0.1, 0.15) is 23.7 Å². The molecule has 0 radical (unpaired) electrons. The van der Waals surface area contributed by atoms with E-state index in [2.05, 4.69) is 28.3 Å². The second-order valence-corrected chi connectivity index (χ2v) is 5.70. The van der Waals surface area contributed by atoms with Gasteiger partial charge in [-0.2, -0.15) is 0 Å². The van der Waals surface area contributed by atoms with Crippen LogP contribution in [0, 0.1) is 6.92 Å². The number of aromatic nitrogens is 2. The fraction of sp³-hybridized carbons (Fsp3) is 0.389. The predicted molar refractivity (Wildman–Crippen MR) is 92.4 cm³/mol. The maximum Gasteiger partial charge on any atom is 0.238 e. The Morgan fingerprint density at radius 2 is 2.13 bits per heavy atom. The van der Waals surface area contributed by atoms with E-state index in [0.29, 0.717) is 6.54 Å². The van der Waals surface area contributed by atoms with Crippen molar-refractivity contribution in [3.05, 3.63) is 53.6 Å². The monoisotopic (exact) mass is 312 g/mol. The van der Waals surface area contributed by atoms with E-state index in [1.165, 1.54) is 5.56 Å². The highest BCUT2D eigenvalue weighted by atomic mass is 16.2. The number of nitrogens with one attached hydrogen (secondary N) is 1. The number of carbonyl (C=O) groups excluding carboxylic acids is 1. The van der Waals surface area contributed by atoms with Crippen LogP contribution in [0.2, 0.25) is 0 Å². The fourth-order valence-corrected chi connectivity index (χ4v) is 2.47. The Bertz CT molecular complexity index is 643. The number of nitrogens with zero attached hydrogens (tertiary/aromatic N) is 3. The van der Waals surface area contributed by atoms with E-state index >= 15 is 0 Å². The largest absolute Gasteiger partial charge is 0.324 e. The molecule has 0 fully saturated rings. The van der Waals surface area contributed by atoms with Gasteiger partial charge in [-0.3, -0.25) is 19.7 Å². The number of benzene rings is 1. The molecule has 1 aromatic carbocycles. The molecule has 1 N–H and O–H groups in total. The van der Waals surface area contributed by atoms with E-state index in [1.807, 2.05) is 31.0 Å². The van der Waals surface area contributed by atoms with Crippen molar-refractivity contribution in [3.63, 3.8) is 0 Å². The number of para-hydroxylation sites is 1. The third kappa shape index (κ3) is 5.14. The summed E-state index contributed by atoms with van der Waals surface area (Å²) in [4.78, 5) is 22.6. The Hall–Kier alpha value is -2.27. The van der Waals surface area contributed by atoms with Gasteiger partial charge in [0.2, 0.25) is 5.91 Å². The molecule has 2 rings (SSSR count). The molecule has 0 aliphatic carbocycles. The summed E-state index contributed by atoms with van der Waals surface area (Å²) in [5.41, 5.74) is 4.15. The van der Waals surface area contributed by atoms with Crippen molar-refractivity contribution in [2.75, 3.05) is 25.5 Å². The molecule has 0 atom stereocenters. The minimum absolute atomic E-state index is 0.00986. The molecular formula is C18H24N4O. The summed E-state index contributed by atoms with van der Waals surface area (Å²) in [6.07, 6.45) is 6.79. The number of rotatable bonds is 7. The molecule has 0 unspecified atom stereocenters. The van der Waals surface area contributed by atoms with Crippen molar-refractivity contribution in [1.29, 1.82) is 0 Å². The van der Waals surface area contributed by atoms with Crippen LogP contribution in [0.4, 0.5) is 5.69 Å². The normalized spacial score (nSPS) is 10.8. The van der Waals surface area contributed by atoms with E-state index in [1.54, 1.807) is 18.6 Å². The van der Waals surface area contributed by atoms with Crippen molar-refractivity contribution >= 4 is 11.6 Å². The summed E-state index contributed by atoms with van der Waals surface area (Å²) in [6.45, 7) is 5.24. The minimum atomic E-state index is 0.00986. The van der Waals surface area contributed by atoms with Gasteiger partial charge in [-0.05, 0) is 31.5 Å². The maximum absolute atomic E-state index is 12.3. The van der Waals surface area contributed by atoms with Gasteiger partial charge in [0, 0.05) is 37.2 Å². The van der Waals surface area contributed by atoms with E-state index < -0.39 is 0 Å². The lowest BCUT2D eigenvalue weighted by Gasteiger charge is -2.18. The fourth-order valence-electron chi connectivity index (χ4n) is 2.47. The van der Waals surface area contributed by atoms with Crippen LogP contribution in [0.3, 0.4) is 0 Å². The van der Waals surface area contributed by atoms with Crippen LogP contribution < -0.4 is 5.32 Å². The van der Waals surface area contributed by atoms with Crippen molar-refractivity contribution in [3.8, 4) is 0 Å². The Kier molecular flexibility index (Phi) is 6.23. The zero-order valence-corrected chi connectivity index (χ0v) is 14.0. The smallest absolute Gasteiger partial charge is 0.238 e. The van der Waals surface area contributed by atoms with Gasteiger partial charge in [0.05, 0.1) is 12.2 Å². The zero-order valence-electron chi connectivity index (χ0n) is 14.0. The molecule has 0 aliphatic rings. The quantitative estimate of drug-likeness (QED) is 0.853. The van der Waals surface area contributed by atoms with E-state index in [4.69, 9.17) is 0 Å². The molecule has 5 heteroatoms. The summed E-state index contributed by atoms with van der Waals surface area (Å²) in [5.74, 6) is 0.00986. The maximum atomic E-state index is 12.3. The summed E-state index contributed by atoms with van der Waals surface area (Å²) in [7, 11) is 1.94. The van der Waals surface area contributed by atoms with Crippen LogP contribution in [0.25, 0.3) is 0 Å². The molecule has 1 aromatic heterocycles. The lowest BCUT2D eigenvalue weighted by molar-refractivity contribution is -0.117. The molecule has 0 aliphatic heterocycles. The molecule has 5 nitrogen and oxygen atoms in total. The van der Waals surface area contributed by atoms with Crippen LogP contribution in [-0.4, -0.2) is 40.9 Å². The van der Waals surface area contributed by atoms with Crippen LogP contribution >= 0.6 is 0 Å². The first-order chi connectivity index (χ1) is 11.1. The highest BCUT2D eigenvalue weighted by Gasteiger charge is 2.11. The molecule has 23 heavy (non-hydrogen) atoms. The molecule has 0 saturated carbocycles. The second-order valence-electron chi connectivity index (χ2n) is 5.70. The van der Waals surface area contributed by atoms with Crippen LogP contribution in [0.15, 0.2) is 36.8 Å². The van der Waals surface area contributed by atoms with Gasteiger partial charge in [-0.25, -0.2) is 0 Å². The van der Waals surface area contributed by atoms with Gasteiger partial charge in [0.15, 0.2) is 0 Å². The Balaban J connectivity index is 1.87. The number of anilines is 1.